The topological polar surface area (TPSA) is 18.5 Å². The maximum atomic E-state index is 12.9. The zero-order chi connectivity index (χ0) is 19.8. The van der Waals surface area contributed by atoms with Crippen molar-refractivity contribution < 1.29 is 22.0 Å². The Morgan fingerprint density at radius 2 is 1.12 bits per heavy atom. The largest absolute Gasteiger partial charge is 0.413 e. The lowest BCUT2D eigenvalue weighted by atomic mass is 10.5. The van der Waals surface area contributed by atoms with E-state index in [9.17, 15) is 13.2 Å². The van der Waals surface area contributed by atoms with Crippen molar-refractivity contribution >= 4 is 24.7 Å². The molecular formula is C16H37F3O2Si3. The molecule has 8 heteroatoms. The lowest BCUT2D eigenvalue weighted by Gasteiger charge is -2.51. The van der Waals surface area contributed by atoms with Crippen LogP contribution in [0.4, 0.5) is 13.2 Å². The average Bonchev–Trinajstić information content (AvgIpc) is 2.19. The molecule has 0 N–H and O–H groups in total. The van der Waals surface area contributed by atoms with E-state index in [2.05, 4.69) is 39.3 Å². The van der Waals surface area contributed by atoms with Gasteiger partial charge in [-0.05, 0) is 59.9 Å². The molecule has 0 fully saturated rings. The van der Waals surface area contributed by atoms with Crippen LogP contribution in [0.5, 0.6) is 0 Å². The van der Waals surface area contributed by atoms with E-state index in [1.807, 2.05) is 34.2 Å². The van der Waals surface area contributed by atoms with Crippen LogP contribution in [0.2, 0.25) is 51.9 Å². The third kappa shape index (κ3) is 7.31. The normalized spacial score (nSPS) is 17.8. The number of alkyl halides is 3. The van der Waals surface area contributed by atoms with E-state index >= 15 is 0 Å². The van der Waals surface area contributed by atoms with E-state index in [1.165, 1.54) is 0 Å². The van der Waals surface area contributed by atoms with Crippen LogP contribution in [0.3, 0.4) is 0 Å². The SMILES string of the molecule is CC(C)(O[Si](C)(CCC(F)(F)F)C(C)(C)O[Si](C)(C)C)[Si](C)(C)C. The van der Waals surface area contributed by atoms with Crippen molar-refractivity contribution in [3.05, 3.63) is 0 Å². The summed E-state index contributed by atoms with van der Waals surface area (Å²) >= 11 is 0. The van der Waals surface area contributed by atoms with Gasteiger partial charge in [0.1, 0.15) is 0 Å². The van der Waals surface area contributed by atoms with E-state index in [0.29, 0.717) is 0 Å². The van der Waals surface area contributed by atoms with Crippen LogP contribution < -0.4 is 0 Å². The second-order valence-corrected chi connectivity index (χ2v) is 24.4. The van der Waals surface area contributed by atoms with Gasteiger partial charge in [0.05, 0.1) is 13.3 Å². The van der Waals surface area contributed by atoms with Gasteiger partial charge in [-0.2, -0.15) is 13.2 Å². The highest BCUT2D eigenvalue weighted by molar-refractivity contribution is 6.82. The standard InChI is InChI=1S/C16H37F3O2Si3/c1-14(2,22(5,6)7)21-24(11,13-12-16(17,18)19)15(3,4)20-23(8,9)10/h12-13H2,1-11H3. The Kier molecular flexibility index (Phi) is 7.28. The highest BCUT2D eigenvalue weighted by Gasteiger charge is 2.54. The Balaban J connectivity index is 5.76. The first kappa shape index (κ1) is 24.4. The predicted octanol–water partition coefficient (Wildman–Crippen LogP) is 6.36. The molecule has 0 aliphatic carbocycles. The summed E-state index contributed by atoms with van der Waals surface area (Å²) < 4.78 is 51.7. The van der Waals surface area contributed by atoms with Crippen LogP contribution >= 0.6 is 0 Å². The number of hydrogen-bond donors (Lipinski definition) is 0. The van der Waals surface area contributed by atoms with Crippen molar-refractivity contribution in [2.75, 3.05) is 0 Å². The Bertz CT molecular complexity index is 424. The van der Waals surface area contributed by atoms with Gasteiger partial charge in [0, 0.05) is 11.6 Å². The minimum Gasteiger partial charge on any atom is -0.413 e. The molecule has 0 heterocycles. The van der Waals surface area contributed by atoms with Gasteiger partial charge in [-0.25, -0.2) is 0 Å². The van der Waals surface area contributed by atoms with Crippen LogP contribution in [0.15, 0.2) is 0 Å². The van der Waals surface area contributed by atoms with Crippen LogP contribution in [0, 0.1) is 0 Å². The number of halogens is 3. The molecule has 146 valence electrons. The predicted molar refractivity (Wildman–Crippen MR) is 104 cm³/mol. The Morgan fingerprint density at radius 3 is 1.42 bits per heavy atom. The summed E-state index contributed by atoms with van der Waals surface area (Å²) in [5.74, 6) is 0. The molecule has 0 aliphatic heterocycles. The quantitative estimate of drug-likeness (QED) is 0.440. The summed E-state index contributed by atoms with van der Waals surface area (Å²) in [7, 11) is -6.45. The Hall–Kier alpha value is 0.361. The maximum Gasteiger partial charge on any atom is 0.388 e. The van der Waals surface area contributed by atoms with Gasteiger partial charge in [0.25, 0.3) is 0 Å². The molecule has 0 aromatic rings. The fraction of sp³-hybridized carbons (Fsp3) is 1.00. The van der Waals surface area contributed by atoms with Gasteiger partial charge >= 0.3 is 6.18 Å². The fourth-order valence-electron chi connectivity index (χ4n) is 2.44. The molecule has 0 saturated carbocycles. The van der Waals surface area contributed by atoms with E-state index in [1.54, 1.807) is 0 Å². The number of rotatable bonds is 8. The maximum absolute atomic E-state index is 12.9. The smallest absolute Gasteiger partial charge is 0.388 e. The minimum atomic E-state index is -4.17. The molecule has 0 amide bonds. The molecule has 24 heavy (non-hydrogen) atoms. The van der Waals surface area contributed by atoms with Crippen LogP contribution in [0.25, 0.3) is 0 Å². The third-order valence-corrected chi connectivity index (χ3v) is 15.1. The van der Waals surface area contributed by atoms with Gasteiger partial charge in [-0.3, -0.25) is 0 Å². The van der Waals surface area contributed by atoms with Crippen LogP contribution in [-0.2, 0) is 8.85 Å². The van der Waals surface area contributed by atoms with E-state index in [0.717, 1.165) is 0 Å². The first-order chi connectivity index (χ1) is 10.1. The van der Waals surface area contributed by atoms with E-state index in [4.69, 9.17) is 8.85 Å². The monoisotopic (exact) mass is 402 g/mol. The Morgan fingerprint density at radius 1 is 0.708 bits per heavy atom. The zero-order valence-corrected chi connectivity index (χ0v) is 20.4. The van der Waals surface area contributed by atoms with Gasteiger partial charge in [-0.1, -0.05) is 19.6 Å². The fourth-order valence-corrected chi connectivity index (χ4v) is 10.5. The van der Waals surface area contributed by atoms with E-state index < -0.39 is 47.8 Å². The first-order valence-corrected chi connectivity index (χ1v) is 18.1. The Labute approximate surface area is 149 Å². The second kappa shape index (κ2) is 7.17. The molecule has 0 aliphatic rings. The molecule has 2 nitrogen and oxygen atoms in total. The molecule has 0 rings (SSSR count). The van der Waals surface area contributed by atoms with Gasteiger partial charge in [-0.15, -0.1) is 0 Å². The molecule has 1 unspecified atom stereocenters. The summed E-state index contributed by atoms with van der Waals surface area (Å²) in [4.78, 5) is 0. The average molecular weight is 403 g/mol. The molecule has 0 aromatic heterocycles. The summed E-state index contributed by atoms with van der Waals surface area (Å²) in [5.41, 5.74) is 0. The highest BCUT2D eigenvalue weighted by Crippen LogP contribution is 2.40. The van der Waals surface area contributed by atoms with Crippen molar-refractivity contribution in [1.29, 1.82) is 0 Å². The summed E-state index contributed by atoms with van der Waals surface area (Å²) in [6.45, 7) is 22.6. The van der Waals surface area contributed by atoms with Crippen molar-refractivity contribution in [2.24, 2.45) is 0 Å². The van der Waals surface area contributed by atoms with Crippen molar-refractivity contribution in [1.82, 2.24) is 0 Å². The lowest BCUT2D eigenvalue weighted by molar-refractivity contribution is -0.131. The highest BCUT2D eigenvalue weighted by atomic mass is 28.4. The summed E-state index contributed by atoms with van der Waals surface area (Å²) in [6.07, 6.45) is -4.98. The van der Waals surface area contributed by atoms with E-state index in [-0.39, 0.29) is 6.04 Å². The van der Waals surface area contributed by atoms with Gasteiger partial charge in [0.15, 0.2) is 8.32 Å². The van der Waals surface area contributed by atoms with Crippen LogP contribution in [0.1, 0.15) is 34.1 Å². The van der Waals surface area contributed by atoms with Gasteiger partial charge < -0.3 is 8.85 Å². The zero-order valence-electron chi connectivity index (χ0n) is 17.4. The molecule has 1 atom stereocenters. The first-order valence-electron chi connectivity index (χ1n) is 8.59. The van der Waals surface area contributed by atoms with Crippen LogP contribution in [-0.4, -0.2) is 41.3 Å². The molecular weight excluding hydrogens is 365 g/mol. The lowest BCUT2D eigenvalue weighted by Crippen LogP contribution is -2.66. The molecule has 0 spiro atoms. The molecule has 0 bridgehead atoms. The van der Waals surface area contributed by atoms with Crippen molar-refractivity contribution in [3.63, 3.8) is 0 Å². The summed E-state index contributed by atoms with van der Waals surface area (Å²) in [6, 6.07) is 0.0297. The third-order valence-electron chi connectivity index (χ3n) is 5.01. The molecule has 0 aromatic carbocycles. The molecule has 0 radical (unpaired) electrons. The van der Waals surface area contributed by atoms with Crippen molar-refractivity contribution in [2.45, 2.75) is 103 Å². The van der Waals surface area contributed by atoms with Gasteiger partial charge in [0.2, 0.25) is 8.32 Å². The molecule has 0 saturated heterocycles. The minimum absolute atomic E-state index is 0.0297. The number of hydrogen-bond acceptors (Lipinski definition) is 2. The second-order valence-electron chi connectivity index (χ2n) is 9.93. The summed E-state index contributed by atoms with van der Waals surface area (Å²) in [5, 5.41) is -1.07. The van der Waals surface area contributed by atoms with Crippen molar-refractivity contribution in [3.8, 4) is 0 Å².